The summed E-state index contributed by atoms with van der Waals surface area (Å²) in [5, 5.41) is 9.67. The average molecular weight is 415 g/mol. The molecule has 0 fully saturated rings. The topological polar surface area (TPSA) is 127 Å². The number of nitrogen functional groups attached to an aromatic ring is 1. The van der Waals surface area contributed by atoms with Crippen molar-refractivity contribution in [1.82, 2.24) is 19.6 Å². The molecule has 0 aliphatic heterocycles. The van der Waals surface area contributed by atoms with E-state index < -0.39 is 6.03 Å². The molecule has 0 bridgehead atoms. The highest BCUT2D eigenvalue weighted by atomic mass is 16.2. The van der Waals surface area contributed by atoms with Crippen LogP contribution < -0.4 is 16.4 Å². The van der Waals surface area contributed by atoms with Crippen molar-refractivity contribution < 1.29 is 9.59 Å². The predicted molar refractivity (Wildman–Crippen MR) is 118 cm³/mol. The molecule has 0 unspecified atom stereocenters. The lowest BCUT2D eigenvalue weighted by molar-refractivity contribution is 0.104. The molecule has 0 spiro atoms. The number of pyridine rings is 1. The van der Waals surface area contributed by atoms with Gasteiger partial charge in [0.25, 0.3) is 0 Å². The number of anilines is 3. The van der Waals surface area contributed by atoms with E-state index in [0.29, 0.717) is 28.0 Å². The van der Waals surface area contributed by atoms with Crippen molar-refractivity contribution in [1.29, 1.82) is 0 Å². The summed E-state index contributed by atoms with van der Waals surface area (Å²) in [4.78, 5) is 33.6. The van der Waals surface area contributed by atoms with E-state index in [9.17, 15) is 9.59 Å². The Morgan fingerprint density at radius 2 is 1.84 bits per heavy atom. The number of nitrogens with zero attached hydrogens (tertiary/aromatic N) is 4. The minimum atomic E-state index is -0.438. The zero-order chi connectivity index (χ0) is 22.0. The van der Waals surface area contributed by atoms with E-state index in [4.69, 9.17) is 5.73 Å². The second kappa shape index (κ2) is 8.23. The third-order valence-electron chi connectivity index (χ3n) is 4.75. The summed E-state index contributed by atoms with van der Waals surface area (Å²) in [7, 11) is 0. The van der Waals surface area contributed by atoms with Crippen molar-refractivity contribution in [2.24, 2.45) is 0 Å². The van der Waals surface area contributed by atoms with Crippen LogP contribution in [0.25, 0.3) is 5.52 Å². The molecule has 9 nitrogen and oxygen atoms in total. The molecule has 4 N–H and O–H groups in total. The lowest BCUT2D eigenvalue weighted by atomic mass is 10.0. The summed E-state index contributed by atoms with van der Waals surface area (Å²) in [6.07, 6.45) is 4.52. The first kappa shape index (κ1) is 20.0. The van der Waals surface area contributed by atoms with E-state index >= 15 is 0 Å². The fraction of sp³-hybridized carbons (Fsp3) is 0.136. The zero-order valence-electron chi connectivity index (χ0n) is 17.0. The molecule has 4 rings (SSSR count). The third kappa shape index (κ3) is 4.06. The molecular formula is C22H21N7O2. The van der Waals surface area contributed by atoms with Gasteiger partial charge >= 0.3 is 6.03 Å². The number of benzene rings is 1. The monoisotopic (exact) mass is 415 g/mol. The Bertz CT molecular complexity index is 1270. The highest BCUT2D eigenvalue weighted by Crippen LogP contribution is 2.27. The molecule has 0 saturated heterocycles. The lowest BCUT2D eigenvalue weighted by Gasteiger charge is -2.08. The normalized spacial score (nSPS) is 10.9. The predicted octanol–water partition coefficient (Wildman–Crippen LogP) is 3.70. The van der Waals surface area contributed by atoms with Crippen LogP contribution in [0.2, 0.25) is 0 Å². The standard InChI is InChI=1S/C22H21N7O2/c1-13(2)18-10-17(19-21(23)25-12-26-29(18)19)20(30)14-5-3-6-15(9-14)27-22(31)28-16-7-4-8-24-11-16/h3-13H,1-2H3,(H2,23,25,26)(H2,27,28,31). The highest BCUT2D eigenvalue weighted by molar-refractivity contribution is 6.15. The summed E-state index contributed by atoms with van der Waals surface area (Å²) >= 11 is 0. The summed E-state index contributed by atoms with van der Waals surface area (Å²) in [6.45, 7) is 4.03. The number of amides is 2. The van der Waals surface area contributed by atoms with Crippen LogP contribution in [0.3, 0.4) is 0 Å². The largest absolute Gasteiger partial charge is 0.382 e. The van der Waals surface area contributed by atoms with Crippen LogP contribution in [0.5, 0.6) is 0 Å². The Hall–Kier alpha value is -4.27. The van der Waals surface area contributed by atoms with E-state index in [1.807, 2.05) is 13.8 Å². The van der Waals surface area contributed by atoms with Crippen LogP contribution in [0.1, 0.15) is 41.4 Å². The van der Waals surface area contributed by atoms with Crippen molar-refractivity contribution in [3.05, 3.63) is 78.0 Å². The molecule has 3 aromatic heterocycles. The van der Waals surface area contributed by atoms with Gasteiger partial charge in [-0.3, -0.25) is 9.78 Å². The van der Waals surface area contributed by atoms with Crippen LogP contribution in [0, 0.1) is 0 Å². The van der Waals surface area contributed by atoms with Crippen molar-refractivity contribution in [2.45, 2.75) is 19.8 Å². The van der Waals surface area contributed by atoms with Gasteiger partial charge in [-0.2, -0.15) is 5.10 Å². The number of hydrogen-bond acceptors (Lipinski definition) is 6. The Morgan fingerprint density at radius 3 is 2.58 bits per heavy atom. The molecule has 0 aliphatic rings. The molecular weight excluding hydrogens is 394 g/mol. The van der Waals surface area contributed by atoms with Gasteiger partial charge in [-0.25, -0.2) is 14.3 Å². The molecule has 4 aromatic rings. The van der Waals surface area contributed by atoms with Crippen molar-refractivity contribution in [2.75, 3.05) is 16.4 Å². The fourth-order valence-corrected chi connectivity index (χ4v) is 3.30. The SMILES string of the molecule is CC(C)c1cc(C(=O)c2cccc(NC(=O)Nc3cccnc3)c2)c2c(N)ncnn12. The smallest absolute Gasteiger partial charge is 0.323 e. The molecule has 1 aromatic carbocycles. The summed E-state index contributed by atoms with van der Waals surface area (Å²) < 4.78 is 1.66. The number of aromatic nitrogens is 4. The minimum absolute atomic E-state index is 0.132. The van der Waals surface area contributed by atoms with E-state index in [0.717, 1.165) is 5.69 Å². The molecule has 0 saturated carbocycles. The zero-order valence-corrected chi connectivity index (χ0v) is 17.0. The first-order valence-corrected chi connectivity index (χ1v) is 9.69. The summed E-state index contributed by atoms with van der Waals surface area (Å²) in [6, 6.07) is 11.5. The van der Waals surface area contributed by atoms with Crippen LogP contribution in [0.15, 0.2) is 61.2 Å². The van der Waals surface area contributed by atoms with Gasteiger partial charge in [-0.15, -0.1) is 0 Å². The van der Waals surface area contributed by atoms with Crippen molar-refractivity contribution in [3.8, 4) is 0 Å². The van der Waals surface area contributed by atoms with Gasteiger partial charge in [-0.1, -0.05) is 26.0 Å². The van der Waals surface area contributed by atoms with Gasteiger partial charge in [0, 0.05) is 23.1 Å². The maximum absolute atomic E-state index is 13.3. The van der Waals surface area contributed by atoms with E-state index in [1.54, 1.807) is 53.2 Å². The number of nitrogens with two attached hydrogens (primary N) is 1. The van der Waals surface area contributed by atoms with E-state index in [2.05, 4.69) is 25.7 Å². The van der Waals surface area contributed by atoms with Gasteiger partial charge in [0.1, 0.15) is 11.8 Å². The molecule has 0 radical (unpaired) electrons. The van der Waals surface area contributed by atoms with Crippen molar-refractivity contribution in [3.63, 3.8) is 0 Å². The number of nitrogens with one attached hydrogen (secondary N) is 2. The molecule has 0 atom stereocenters. The van der Waals surface area contributed by atoms with Gasteiger partial charge < -0.3 is 16.4 Å². The second-order valence-corrected chi connectivity index (χ2v) is 7.27. The van der Waals surface area contributed by atoms with Crippen molar-refractivity contribution >= 4 is 34.5 Å². The number of urea groups is 1. The van der Waals surface area contributed by atoms with Gasteiger partial charge in [0.2, 0.25) is 0 Å². The van der Waals surface area contributed by atoms with Crippen LogP contribution >= 0.6 is 0 Å². The first-order valence-electron chi connectivity index (χ1n) is 9.69. The maximum Gasteiger partial charge on any atom is 0.323 e. The molecule has 9 heteroatoms. The third-order valence-corrected chi connectivity index (χ3v) is 4.75. The summed E-state index contributed by atoms with van der Waals surface area (Å²) in [5.41, 5.74) is 9.25. The maximum atomic E-state index is 13.3. The quantitative estimate of drug-likeness (QED) is 0.427. The number of carbonyl (C=O) groups excluding carboxylic acids is 2. The van der Waals surface area contributed by atoms with Crippen LogP contribution in [-0.2, 0) is 0 Å². The number of rotatable bonds is 5. The van der Waals surface area contributed by atoms with Crippen LogP contribution in [0.4, 0.5) is 22.0 Å². The molecule has 2 amide bonds. The lowest BCUT2D eigenvalue weighted by Crippen LogP contribution is -2.19. The van der Waals surface area contributed by atoms with Crippen LogP contribution in [-0.4, -0.2) is 31.4 Å². The average Bonchev–Trinajstić information content (AvgIpc) is 3.15. The van der Waals surface area contributed by atoms with Gasteiger partial charge in [0.05, 0.1) is 17.4 Å². The Balaban J connectivity index is 1.63. The Kier molecular flexibility index (Phi) is 5.31. The fourth-order valence-electron chi connectivity index (χ4n) is 3.30. The van der Waals surface area contributed by atoms with Gasteiger partial charge in [-0.05, 0) is 36.2 Å². The highest BCUT2D eigenvalue weighted by Gasteiger charge is 2.22. The first-order chi connectivity index (χ1) is 14.9. The van der Waals surface area contributed by atoms with E-state index in [1.165, 1.54) is 12.5 Å². The molecule has 31 heavy (non-hydrogen) atoms. The summed E-state index contributed by atoms with van der Waals surface area (Å²) in [5.74, 6) is 0.130. The molecule has 3 heterocycles. The number of ketones is 1. The van der Waals surface area contributed by atoms with E-state index in [-0.39, 0.29) is 17.5 Å². The van der Waals surface area contributed by atoms with Gasteiger partial charge in [0.15, 0.2) is 11.6 Å². The number of carbonyl (C=O) groups is 2. The Morgan fingerprint density at radius 1 is 1.06 bits per heavy atom. The Labute approximate surface area is 178 Å². The molecule has 156 valence electrons. The second-order valence-electron chi connectivity index (χ2n) is 7.27. The molecule has 0 aliphatic carbocycles. The minimum Gasteiger partial charge on any atom is -0.382 e. The number of fused-ring (bicyclic) bond motifs is 1. The number of hydrogen-bond donors (Lipinski definition) is 3.